The second kappa shape index (κ2) is 7.89. The molecule has 1 unspecified atom stereocenters. The first-order valence-corrected chi connectivity index (χ1v) is 10.8. The van der Waals surface area contributed by atoms with E-state index in [4.69, 9.17) is 4.74 Å². The van der Waals surface area contributed by atoms with Crippen molar-refractivity contribution in [3.8, 4) is 10.4 Å². The predicted molar refractivity (Wildman–Crippen MR) is 105 cm³/mol. The van der Waals surface area contributed by atoms with Crippen molar-refractivity contribution in [1.29, 1.82) is 0 Å². The van der Waals surface area contributed by atoms with E-state index in [1.165, 1.54) is 17.0 Å². The molecule has 2 aliphatic heterocycles. The zero-order valence-electron chi connectivity index (χ0n) is 14.6. The lowest BCUT2D eigenvalue weighted by Gasteiger charge is -2.33. The number of rotatable bonds is 3. The van der Waals surface area contributed by atoms with E-state index in [9.17, 15) is 13.2 Å². The molecule has 1 atom stereocenters. The van der Waals surface area contributed by atoms with Crippen LogP contribution in [0.1, 0.15) is 0 Å². The number of benzene rings is 1. The molecule has 146 valence electrons. The smallest absolute Gasteiger partial charge is 0.370 e. The average Bonchev–Trinajstić information content (AvgIpc) is 3.19. The fraction of sp³-hybridized carbons (Fsp3) is 0.500. The summed E-state index contributed by atoms with van der Waals surface area (Å²) in [6.07, 6.45) is -4.35. The molecule has 0 aliphatic carbocycles. The van der Waals surface area contributed by atoms with Gasteiger partial charge in [0.15, 0.2) is 11.2 Å². The van der Waals surface area contributed by atoms with E-state index in [0.717, 1.165) is 35.0 Å². The lowest BCUT2D eigenvalue weighted by molar-refractivity contribution is -0.221. The summed E-state index contributed by atoms with van der Waals surface area (Å²) in [7, 11) is 0. The van der Waals surface area contributed by atoms with Crippen LogP contribution in [0.2, 0.25) is 0 Å². The average molecular weight is 416 g/mol. The van der Waals surface area contributed by atoms with E-state index < -0.39 is 12.3 Å². The van der Waals surface area contributed by atoms with Crippen LogP contribution < -0.4 is 9.80 Å². The molecule has 2 saturated heterocycles. The van der Waals surface area contributed by atoms with E-state index in [-0.39, 0.29) is 13.2 Å². The van der Waals surface area contributed by atoms with Gasteiger partial charge in [0.1, 0.15) is 0 Å². The Labute approximate surface area is 164 Å². The molecule has 0 spiro atoms. The standard InChI is InChI=1S/C18H20F3N3OS2/c19-18(20,21)16-12-24(5-8-25-16)17-22-11-15(27-17)13-1-3-14(4-2-13)23-6-9-26-10-7-23/h1-4,11,16H,5-10,12H2. The van der Waals surface area contributed by atoms with Gasteiger partial charge in [-0.05, 0) is 17.7 Å². The number of hydrogen-bond donors (Lipinski definition) is 0. The highest BCUT2D eigenvalue weighted by atomic mass is 32.2. The minimum absolute atomic E-state index is 0.0574. The summed E-state index contributed by atoms with van der Waals surface area (Å²) >= 11 is 3.40. The summed E-state index contributed by atoms with van der Waals surface area (Å²) in [4.78, 5) is 9.35. The monoisotopic (exact) mass is 415 g/mol. The third-order valence-corrected chi connectivity index (χ3v) is 6.77. The summed E-state index contributed by atoms with van der Waals surface area (Å²) in [5.41, 5.74) is 2.25. The van der Waals surface area contributed by atoms with Crippen molar-refractivity contribution in [2.45, 2.75) is 12.3 Å². The number of hydrogen-bond acceptors (Lipinski definition) is 6. The lowest BCUT2D eigenvalue weighted by atomic mass is 10.2. The van der Waals surface area contributed by atoms with Crippen LogP contribution >= 0.6 is 23.1 Å². The number of morpholine rings is 1. The number of halogens is 3. The number of alkyl halides is 3. The Hall–Kier alpha value is -1.45. The van der Waals surface area contributed by atoms with Crippen LogP contribution in [0.5, 0.6) is 0 Å². The van der Waals surface area contributed by atoms with Gasteiger partial charge in [0.25, 0.3) is 0 Å². The zero-order chi connectivity index (χ0) is 18.9. The molecule has 9 heteroatoms. The van der Waals surface area contributed by atoms with Crippen LogP contribution in [0.25, 0.3) is 10.4 Å². The fourth-order valence-corrected chi connectivity index (χ4v) is 5.08. The summed E-state index contributed by atoms with van der Waals surface area (Å²) in [5, 5.41) is 0.611. The van der Waals surface area contributed by atoms with Crippen molar-refractivity contribution in [1.82, 2.24) is 4.98 Å². The highest BCUT2D eigenvalue weighted by Crippen LogP contribution is 2.34. The molecule has 3 heterocycles. The lowest BCUT2D eigenvalue weighted by Crippen LogP contribution is -2.49. The van der Waals surface area contributed by atoms with Gasteiger partial charge in [0, 0.05) is 43.0 Å². The van der Waals surface area contributed by atoms with Crippen LogP contribution in [0.3, 0.4) is 0 Å². The van der Waals surface area contributed by atoms with Crippen molar-refractivity contribution >= 4 is 33.9 Å². The number of thiazole rings is 1. The second-order valence-corrected chi connectivity index (χ2v) is 8.73. The zero-order valence-corrected chi connectivity index (χ0v) is 16.2. The molecular formula is C18H20F3N3OS2. The molecule has 27 heavy (non-hydrogen) atoms. The van der Waals surface area contributed by atoms with Crippen LogP contribution in [0.4, 0.5) is 24.0 Å². The highest BCUT2D eigenvalue weighted by Gasteiger charge is 2.43. The van der Waals surface area contributed by atoms with Crippen LogP contribution in [-0.2, 0) is 4.74 Å². The number of thioether (sulfide) groups is 1. The minimum atomic E-state index is -4.35. The first kappa shape index (κ1) is 18.9. The Morgan fingerprint density at radius 2 is 1.78 bits per heavy atom. The summed E-state index contributed by atoms with van der Waals surface area (Å²) < 4.78 is 43.6. The molecular weight excluding hydrogens is 395 g/mol. The molecule has 1 aromatic carbocycles. The predicted octanol–water partition coefficient (Wildman–Crippen LogP) is 4.13. The van der Waals surface area contributed by atoms with Gasteiger partial charge in [-0.2, -0.15) is 24.9 Å². The van der Waals surface area contributed by atoms with Gasteiger partial charge in [-0.1, -0.05) is 23.5 Å². The Morgan fingerprint density at radius 3 is 2.48 bits per heavy atom. The molecule has 0 amide bonds. The first-order valence-electron chi connectivity index (χ1n) is 8.83. The van der Waals surface area contributed by atoms with E-state index >= 15 is 0 Å². The SMILES string of the molecule is FC(F)(F)C1CN(c2ncc(-c3ccc(N4CCSCC4)cc3)s2)CCO1. The maximum atomic E-state index is 12.9. The molecule has 0 bridgehead atoms. The molecule has 2 aromatic rings. The van der Waals surface area contributed by atoms with Crippen molar-refractivity contribution < 1.29 is 17.9 Å². The summed E-state index contributed by atoms with van der Waals surface area (Å²) in [5.74, 6) is 2.30. The van der Waals surface area contributed by atoms with Crippen LogP contribution in [-0.4, -0.2) is 61.6 Å². The van der Waals surface area contributed by atoms with Crippen molar-refractivity contribution in [3.63, 3.8) is 0 Å². The molecule has 0 saturated carbocycles. The molecule has 2 fully saturated rings. The van der Waals surface area contributed by atoms with Gasteiger partial charge in [-0.3, -0.25) is 0 Å². The molecule has 2 aliphatic rings. The second-order valence-electron chi connectivity index (χ2n) is 6.50. The quantitative estimate of drug-likeness (QED) is 0.752. The topological polar surface area (TPSA) is 28.6 Å². The largest absolute Gasteiger partial charge is 0.416 e. The van der Waals surface area contributed by atoms with E-state index in [2.05, 4.69) is 34.1 Å². The van der Waals surface area contributed by atoms with Crippen LogP contribution in [0.15, 0.2) is 30.5 Å². The van der Waals surface area contributed by atoms with Crippen molar-refractivity contribution in [3.05, 3.63) is 30.5 Å². The van der Waals surface area contributed by atoms with E-state index in [1.54, 1.807) is 11.1 Å². The molecule has 0 radical (unpaired) electrons. The molecule has 0 N–H and O–H groups in total. The third-order valence-electron chi connectivity index (χ3n) is 4.72. The first-order chi connectivity index (χ1) is 13.0. The summed E-state index contributed by atoms with van der Waals surface area (Å²) in [6, 6.07) is 8.34. The maximum absolute atomic E-state index is 12.9. The van der Waals surface area contributed by atoms with Gasteiger partial charge in [0.2, 0.25) is 0 Å². The number of ether oxygens (including phenoxy) is 1. The Balaban J connectivity index is 1.46. The van der Waals surface area contributed by atoms with E-state index in [1.807, 2.05) is 11.8 Å². The Bertz CT molecular complexity index is 760. The van der Waals surface area contributed by atoms with Gasteiger partial charge < -0.3 is 14.5 Å². The van der Waals surface area contributed by atoms with Crippen molar-refractivity contribution in [2.75, 3.05) is 54.1 Å². The normalized spacial score (nSPS) is 21.5. The maximum Gasteiger partial charge on any atom is 0.416 e. The Kier molecular flexibility index (Phi) is 5.52. The molecule has 1 aromatic heterocycles. The number of nitrogens with zero attached hydrogens (tertiary/aromatic N) is 3. The fourth-order valence-electron chi connectivity index (χ4n) is 3.22. The van der Waals surface area contributed by atoms with E-state index in [0.29, 0.717) is 11.7 Å². The third kappa shape index (κ3) is 4.35. The number of anilines is 2. The van der Waals surface area contributed by atoms with Crippen molar-refractivity contribution in [2.24, 2.45) is 0 Å². The number of aromatic nitrogens is 1. The Morgan fingerprint density at radius 1 is 1.04 bits per heavy atom. The minimum Gasteiger partial charge on any atom is -0.370 e. The van der Waals surface area contributed by atoms with Crippen LogP contribution in [0, 0.1) is 0 Å². The highest BCUT2D eigenvalue weighted by molar-refractivity contribution is 7.99. The van der Waals surface area contributed by atoms with Gasteiger partial charge in [-0.15, -0.1) is 0 Å². The molecule has 4 nitrogen and oxygen atoms in total. The molecule has 4 rings (SSSR count). The summed E-state index contributed by atoms with van der Waals surface area (Å²) in [6.45, 7) is 2.40. The van der Waals surface area contributed by atoms with Gasteiger partial charge >= 0.3 is 6.18 Å². The van der Waals surface area contributed by atoms with Gasteiger partial charge in [0.05, 0.1) is 18.0 Å². The van der Waals surface area contributed by atoms with Gasteiger partial charge in [-0.25, -0.2) is 4.98 Å².